The predicted octanol–water partition coefficient (Wildman–Crippen LogP) is 2.53. The highest BCUT2D eigenvalue weighted by atomic mass is 32.2. The Labute approximate surface area is 149 Å². The van der Waals surface area contributed by atoms with Crippen molar-refractivity contribution in [3.05, 3.63) is 30.3 Å². The molecule has 0 radical (unpaired) electrons. The smallest absolute Gasteiger partial charge is 0.191 e. The minimum absolute atomic E-state index is 0.209. The normalized spacial score (nSPS) is 17.3. The molecule has 1 aromatic carbocycles. The zero-order valence-corrected chi connectivity index (χ0v) is 15.5. The molecule has 1 aromatic rings. The standard InChI is InChI=1S/C18H29N3O2S/c1-3-19-17(20-11-14-23-16-7-5-4-6-8-16)21-15-18(24-2)9-12-22-13-10-18/h4-8H,3,9-15H2,1-2H3,(H2,19,20,21). The summed E-state index contributed by atoms with van der Waals surface area (Å²) in [4.78, 5) is 4.79. The van der Waals surface area contributed by atoms with Gasteiger partial charge in [-0.05, 0) is 38.2 Å². The van der Waals surface area contributed by atoms with Gasteiger partial charge in [-0.1, -0.05) is 18.2 Å². The predicted molar refractivity (Wildman–Crippen MR) is 102 cm³/mol. The van der Waals surface area contributed by atoms with Gasteiger partial charge < -0.3 is 20.1 Å². The topological polar surface area (TPSA) is 54.9 Å². The average Bonchev–Trinajstić information content (AvgIpc) is 2.65. The number of guanidine groups is 1. The van der Waals surface area contributed by atoms with Crippen molar-refractivity contribution in [1.29, 1.82) is 0 Å². The van der Waals surface area contributed by atoms with Gasteiger partial charge in [-0.15, -0.1) is 0 Å². The van der Waals surface area contributed by atoms with Crippen molar-refractivity contribution < 1.29 is 9.47 Å². The van der Waals surface area contributed by atoms with Crippen molar-refractivity contribution in [3.63, 3.8) is 0 Å². The molecule has 24 heavy (non-hydrogen) atoms. The first-order valence-electron chi connectivity index (χ1n) is 8.61. The van der Waals surface area contributed by atoms with Gasteiger partial charge in [0.1, 0.15) is 12.4 Å². The number of rotatable bonds is 8. The molecule has 0 atom stereocenters. The summed E-state index contributed by atoms with van der Waals surface area (Å²) < 4.78 is 11.4. The Bertz CT molecular complexity index is 490. The third-order valence-corrected chi connectivity index (χ3v) is 5.52. The number of hydrogen-bond acceptors (Lipinski definition) is 4. The molecule has 1 aliphatic heterocycles. The summed E-state index contributed by atoms with van der Waals surface area (Å²) in [6.45, 7) is 6.74. The van der Waals surface area contributed by atoms with Crippen LogP contribution in [0.5, 0.6) is 5.75 Å². The zero-order chi connectivity index (χ0) is 17.1. The monoisotopic (exact) mass is 351 g/mol. The fourth-order valence-electron chi connectivity index (χ4n) is 2.59. The molecule has 1 fully saturated rings. The summed E-state index contributed by atoms with van der Waals surface area (Å²) in [5, 5.41) is 6.65. The SMILES string of the molecule is CCNC(=NCC1(SC)CCOCC1)NCCOc1ccccc1. The molecular weight excluding hydrogens is 322 g/mol. The summed E-state index contributed by atoms with van der Waals surface area (Å²) in [7, 11) is 0. The molecule has 0 amide bonds. The Morgan fingerprint density at radius 1 is 1.25 bits per heavy atom. The molecule has 2 rings (SSSR count). The zero-order valence-electron chi connectivity index (χ0n) is 14.7. The van der Waals surface area contributed by atoms with Crippen LogP contribution in [0.2, 0.25) is 0 Å². The summed E-state index contributed by atoms with van der Waals surface area (Å²) in [5.41, 5.74) is 0. The second-order valence-electron chi connectivity index (χ2n) is 5.78. The number of ether oxygens (including phenoxy) is 2. The Hall–Kier alpha value is -1.40. The molecular formula is C18H29N3O2S. The van der Waals surface area contributed by atoms with Crippen molar-refractivity contribution in [2.24, 2.45) is 4.99 Å². The van der Waals surface area contributed by atoms with E-state index >= 15 is 0 Å². The summed E-state index contributed by atoms with van der Waals surface area (Å²) in [6, 6.07) is 9.87. The molecule has 0 bridgehead atoms. The van der Waals surface area contributed by atoms with E-state index in [2.05, 4.69) is 23.8 Å². The van der Waals surface area contributed by atoms with Gasteiger partial charge in [-0.25, -0.2) is 0 Å². The van der Waals surface area contributed by atoms with E-state index in [9.17, 15) is 0 Å². The van der Waals surface area contributed by atoms with Gasteiger partial charge in [0.15, 0.2) is 5.96 Å². The largest absolute Gasteiger partial charge is 0.492 e. The Balaban J connectivity index is 1.79. The molecule has 0 aromatic heterocycles. The van der Waals surface area contributed by atoms with E-state index in [0.29, 0.717) is 6.61 Å². The second kappa shape index (κ2) is 10.5. The minimum atomic E-state index is 0.209. The van der Waals surface area contributed by atoms with E-state index in [1.54, 1.807) is 0 Å². The van der Waals surface area contributed by atoms with Crippen molar-refractivity contribution in [3.8, 4) is 5.75 Å². The Kier molecular flexibility index (Phi) is 8.25. The molecule has 0 saturated carbocycles. The van der Waals surface area contributed by atoms with Crippen LogP contribution < -0.4 is 15.4 Å². The first-order chi connectivity index (χ1) is 11.8. The van der Waals surface area contributed by atoms with Gasteiger partial charge in [0, 0.05) is 24.5 Å². The number of thioether (sulfide) groups is 1. The third-order valence-electron chi connectivity index (χ3n) is 4.11. The van der Waals surface area contributed by atoms with Crippen molar-refractivity contribution in [2.45, 2.75) is 24.5 Å². The first kappa shape index (κ1) is 18.9. The molecule has 0 unspecified atom stereocenters. The third kappa shape index (κ3) is 6.24. The van der Waals surface area contributed by atoms with Crippen molar-refractivity contribution in [2.75, 3.05) is 45.7 Å². The number of benzene rings is 1. The van der Waals surface area contributed by atoms with Gasteiger partial charge in [-0.3, -0.25) is 4.99 Å². The highest BCUT2D eigenvalue weighted by molar-refractivity contribution is 8.00. The number of para-hydroxylation sites is 1. The number of hydrogen-bond donors (Lipinski definition) is 2. The molecule has 6 heteroatoms. The van der Waals surface area contributed by atoms with Gasteiger partial charge in [-0.2, -0.15) is 11.8 Å². The van der Waals surface area contributed by atoms with E-state index < -0.39 is 0 Å². The molecule has 5 nitrogen and oxygen atoms in total. The van der Waals surface area contributed by atoms with Crippen LogP contribution in [0.15, 0.2) is 35.3 Å². The van der Waals surface area contributed by atoms with Gasteiger partial charge in [0.25, 0.3) is 0 Å². The lowest BCUT2D eigenvalue weighted by Gasteiger charge is -2.34. The quantitative estimate of drug-likeness (QED) is 0.428. The van der Waals surface area contributed by atoms with Crippen LogP contribution in [0.4, 0.5) is 0 Å². The molecule has 0 aliphatic carbocycles. The van der Waals surface area contributed by atoms with Crippen LogP contribution in [-0.2, 0) is 4.74 Å². The molecule has 2 N–H and O–H groups in total. The number of nitrogens with zero attached hydrogens (tertiary/aromatic N) is 1. The van der Waals surface area contributed by atoms with Crippen LogP contribution in [0.3, 0.4) is 0 Å². The highest BCUT2D eigenvalue weighted by Gasteiger charge is 2.31. The molecule has 0 spiro atoms. The highest BCUT2D eigenvalue weighted by Crippen LogP contribution is 2.33. The van der Waals surface area contributed by atoms with E-state index in [1.807, 2.05) is 42.1 Å². The first-order valence-corrected chi connectivity index (χ1v) is 9.83. The van der Waals surface area contributed by atoms with E-state index in [4.69, 9.17) is 14.5 Å². The van der Waals surface area contributed by atoms with Gasteiger partial charge >= 0.3 is 0 Å². The van der Waals surface area contributed by atoms with Crippen molar-refractivity contribution in [1.82, 2.24) is 10.6 Å². The van der Waals surface area contributed by atoms with Crippen LogP contribution in [-0.4, -0.2) is 56.4 Å². The molecule has 1 aliphatic rings. The van der Waals surface area contributed by atoms with Gasteiger partial charge in [0.2, 0.25) is 0 Å². The second-order valence-corrected chi connectivity index (χ2v) is 7.06. The van der Waals surface area contributed by atoms with E-state index in [-0.39, 0.29) is 4.75 Å². The van der Waals surface area contributed by atoms with Crippen LogP contribution in [0, 0.1) is 0 Å². The lowest BCUT2D eigenvalue weighted by molar-refractivity contribution is 0.0794. The van der Waals surface area contributed by atoms with E-state index in [1.165, 1.54) is 0 Å². The number of nitrogens with one attached hydrogen (secondary N) is 2. The number of aliphatic imine (C=N–C) groups is 1. The molecule has 134 valence electrons. The maximum atomic E-state index is 5.70. The molecule has 1 heterocycles. The summed E-state index contributed by atoms with van der Waals surface area (Å²) >= 11 is 1.91. The van der Waals surface area contributed by atoms with Crippen LogP contribution in [0.1, 0.15) is 19.8 Å². The van der Waals surface area contributed by atoms with Crippen molar-refractivity contribution >= 4 is 17.7 Å². The fourth-order valence-corrected chi connectivity index (χ4v) is 3.36. The minimum Gasteiger partial charge on any atom is -0.492 e. The lowest BCUT2D eigenvalue weighted by atomic mass is 9.99. The maximum absolute atomic E-state index is 5.70. The van der Waals surface area contributed by atoms with Gasteiger partial charge in [0.05, 0.1) is 13.1 Å². The van der Waals surface area contributed by atoms with Crippen LogP contribution in [0.25, 0.3) is 0 Å². The van der Waals surface area contributed by atoms with E-state index in [0.717, 1.165) is 57.4 Å². The Morgan fingerprint density at radius 3 is 2.67 bits per heavy atom. The molecule has 1 saturated heterocycles. The summed E-state index contributed by atoms with van der Waals surface area (Å²) in [5.74, 6) is 1.75. The van der Waals surface area contributed by atoms with Crippen LogP contribution >= 0.6 is 11.8 Å². The fraction of sp³-hybridized carbons (Fsp3) is 0.611. The average molecular weight is 352 g/mol. The maximum Gasteiger partial charge on any atom is 0.191 e. The Morgan fingerprint density at radius 2 is 2.00 bits per heavy atom. The summed E-state index contributed by atoms with van der Waals surface area (Å²) in [6.07, 6.45) is 4.30. The lowest BCUT2D eigenvalue weighted by Crippen LogP contribution is -2.42.